The molecule has 0 aliphatic heterocycles. The summed E-state index contributed by atoms with van der Waals surface area (Å²) >= 11 is 1.26. The van der Waals surface area contributed by atoms with Crippen molar-refractivity contribution in [2.24, 2.45) is 5.73 Å². The molecule has 0 amide bonds. The number of hydrogen-bond donors (Lipinski definition) is 2. The number of nitrogens with two attached hydrogens (primary N) is 1. The van der Waals surface area contributed by atoms with Crippen LogP contribution in [0.5, 0.6) is 0 Å². The minimum Gasteiger partial charge on any atom is -0.476 e. The molecule has 1 aromatic rings. The average molecular weight is 158 g/mol. The van der Waals surface area contributed by atoms with Crippen molar-refractivity contribution >= 4 is 17.3 Å². The molecule has 54 valence electrons. The second kappa shape index (κ2) is 2.76. The van der Waals surface area contributed by atoms with Gasteiger partial charge in [0.2, 0.25) is 0 Å². The number of aromatic carboxylic acids is 1. The molecule has 1 rings (SSSR count). The third kappa shape index (κ3) is 1.31. The van der Waals surface area contributed by atoms with Crippen molar-refractivity contribution in [1.29, 1.82) is 0 Å². The third-order valence-corrected chi connectivity index (χ3v) is 1.82. The number of carboxylic acid groups (broad SMARTS) is 1. The van der Waals surface area contributed by atoms with Crippen LogP contribution in [0.15, 0.2) is 5.38 Å². The Morgan fingerprint density at radius 2 is 2.60 bits per heavy atom. The Bertz CT molecular complexity index is 246. The van der Waals surface area contributed by atoms with Gasteiger partial charge in [-0.3, -0.25) is 0 Å². The average Bonchev–Trinajstić information content (AvgIpc) is 2.34. The minimum atomic E-state index is -1.00. The van der Waals surface area contributed by atoms with E-state index in [2.05, 4.69) is 4.98 Å². The number of aromatic nitrogens is 1. The lowest BCUT2D eigenvalue weighted by Crippen LogP contribution is -1.99. The summed E-state index contributed by atoms with van der Waals surface area (Å²) < 4.78 is 0. The highest BCUT2D eigenvalue weighted by atomic mass is 32.1. The molecule has 0 bridgehead atoms. The van der Waals surface area contributed by atoms with Crippen LogP contribution in [0.25, 0.3) is 0 Å². The molecule has 4 nitrogen and oxygen atoms in total. The Morgan fingerprint density at radius 1 is 1.90 bits per heavy atom. The lowest BCUT2D eigenvalue weighted by atomic mass is 10.5. The lowest BCUT2D eigenvalue weighted by molar-refractivity contribution is 0.0691. The van der Waals surface area contributed by atoms with Crippen LogP contribution in [0, 0.1) is 0 Å². The zero-order valence-corrected chi connectivity index (χ0v) is 5.89. The first kappa shape index (κ1) is 7.17. The molecule has 0 radical (unpaired) electrons. The van der Waals surface area contributed by atoms with Crippen LogP contribution < -0.4 is 5.73 Å². The highest BCUT2D eigenvalue weighted by Gasteiger charge is 2.06. The number of thiazole rings is 1. The van der Waals surface area contributed by atoms with Crippen LogP contribution >= 0.6 is 11.3 Å². The van der Waals surface area contributed by atoms with Gasteiger partial charge in [0.05, 0.1) is 0 Å². The van der Waals surface area contributed by atoms with Crippen LogP contribution in [0.2, 0.25) is 0 Å². The van der Waals surface area contributed by atoms with Gasteiger partial charge in [0.15, 0.2) is 5.69 Å². The molecular weight excluding hydrogens is 152 g/mol. The van der Waals surface area contributed by atoms with E-state index < -0.39 is 5.97 Å². The van der Waals surface area contributed by atoms with Crippen molar-refractivity contribution in [1.82, 2.24) is 4.98 Å². The van der Waals surface area contributed by atoms with Crippen LogP contribution in [-0.2, 0) is 6.54 Å². The van der Waals surface area contributed by atoms with Gasteiger partial charge in [0.1, 0.15) is 5.01 Å². The van der Waals surface area contributed by atoms with Gasteiger partial charge in [0, 0.05) is 11.9 Å². The molecule has 0 spiro atoms. The van der Waals surface area contributed by atoms with E-state index >= 15 is 0 Å². The van der Waals surface area contributed by atoms with Gasteiger partial charge >= 0.3 is 5.97 Å². The first-order chi connectivity index (χ1) is 4.74. The highest BCUT2D eigenvalue weighted by molar-refractivity contribution is 7.09. The third-order valence-electron chi connectivity index (χ3n) is 0.945. The van der Waals surface area contributed by atoms with Crippen molar-refractivity contribution in [3.63, 3.8) is 0 Å². The second-order valence-corrected chi connectivity index (χ2v) is 2.58. The van der Waals surface area contributed by atoms with Gasteiger partial charge in [-0.1, -0.05) is 0 Å². The van der Waals surface area contributed by atoms with E-state index in [0.29, 0.717) is 11.6 Å². The maximum Gasteiger partial charge on any atom is 0.355 e. The molecule has 5 heteroatoms. The minimum absolute atomic E-state index is 0.0745. The molecule has 0 fully saturated rings. The van der Waals surface area contributed by atoms with E-state index in [1.54, 1.807) is 0 Å². The largest absolute Gasteiger partial charge is 0.476 e. The maximum atomic E-state index is 10.2. The van der Waals surface area contributed by atoms with Gasteiger partial charge in [-0.15, -0.1) is 11.3 Å². The lowest BCUT2D eigenvalue weighted by Gasteiger charge is -1.82. The van der Waals surface area contributed by atoms with Gasteiger partial charge in [-0.05, 0) is 0 Å². The number of carbonyl (C=O) groups is 1. The van der Waals surface area contributed by atoms with E-state index in [1.807, 2.05) is 0 Å². The molecular formula is C5H6N2O2S. The van der Waals surface area contributed by atoms with Gasteiger partial charge in [0.25, 0.3) is 0 Å². The van der Waals surface area contributed by atoms with Crippen LogP contribution in [0.3, 0.4) is 0 Å². The Balaban J connectivity index is 2.88. The molecule has 0 saturated heterocycles. The summed E-state index contributed by atoms with van der Waals surface area (Å²) in [5.74, 6) is -1.00. The molecule has 0 aliphatic rings. The van der Waals surface area contributed by atoms with Gasteiger partial charge < -0.3 is 10.8 Å². The molecule has 10 heavy (non-hydrogen) atoms. The molecule has 0 aromatic carbocycles. The number of nitrogens with zero attached hydrogens (tertiary/aromatic N) is 1. The summed E-state index contributed by atoms with van der Waals surface area (Å²) in [6.07, 6.45) is 0. The van der Waals surface area contributed by atoms with E-state index in [4.69, 9.17) is 10.8 Å². The Morgan fingerprint density at radius 3 is 2.90 bits per heavy atom. The number of rotatable bonds is 2. The topological polar surface area (TPSA) is 76.2 Å². The van der Waals surface area contributed by atoms with Gasteiger partial charge in [-0.25, -0.2) is 9.78 Å². The molecule has 0 aliphatic carbocycles. The van der Waals surface area contributed by atoms with Crippen molar-refractivity contribution in [3.8, 4) is 0 Å². The molecule has 0 saturated carbocycles. The first-order valence-corrected chi connectivity index (χ1v) is 3.49. The predicted octanol–water partition coefficient (Wildman–Crippen LogP) is 0.300. The number of hydrogen-bond acceptors (Lipinski definition) is 4. The first-order valence-electron chi connectivity index (χ1n) is 2.62. The summed E-state index contributed by atoms with van der Waals surface area (Å²) in [5.41, 5.74) is 5.29. The summed E-state index contributed by atoms with van der Waals surface area (Å²) in [4.78, 5) is 14.0. The summed E-state index contributed by atoms with van der Waals surface area (Å²) in [7, 11) is 0. The molecule has 3 N–H and O–H groups in total. The fourth-order valence-electron chi connectivity index (χ4n) is 0.503. The molecule has 1 heterocycles. The Hall–Kier alpha value is -0.940. The quantitative estimate of drug-likeness (QED) is 0.649. The zero-order valence-electron chi connectivity index (χ0n) is 5.07. The standard InChI is InChI=1S/C5H6N2O2S/c6-1-4-7-3(2-10-4)5(8)9/h2H,1,6H2,(H,8,9). The van der Waals surface area contributed by atoms with Crippen LogP contribution in [0.1, 0.15) is 15.5 Å². The smallest absolute Gasteiger partial charge is 0.355 e. The fraction of sp³-hybridized carbons (Fsp3) is 0.200. The number of carboxylic acids is 1. The monoisotopic (exact) mass is 158 g/mol. The van der Waals surface area contributed by atoms with Gasteiger partial charge in [-0.2, -0.15) is 0 Å². The van der Waals surface area contributed by atoms with E-state index in [-0.39, 0.29) is 5.69 Å². The predicted molar refractivity (Wildman–Crippen MR) is 37.0 cm³/mol. The van der Waals surface area contributed by atoms with Crippen molar-refractivity contribution in [3.05, 3.63) is 16.1 Å². The molecule has 1 aromatic heterocycles. The van der Waals surface area contributed by atoms with E-state index in [9.17, 15) is 4.79 Å². The van der Waals surface area contributed by atoms with Crippen molar-refractivity contribution in [2.75, 3.05) is 0 Å². The Labute approximate surface area is 61.3 Å². The van der Waals surface area contributed by atoms with Crippen molar-refractivity contribution in [2.45, 2.75) is 6.54 Å². The van der Waals surface area contributed by atoms with Crippen molar-refractivity contribution < 1.29 is 9.90 Å². The van der Waals surface area contributed by atoms with Crippen LogP contribution in [0.4, 0.5) is 0 Å². The summed E-state index contributed by atoms with van der Waals surface area (Å²) in [6, 6.07) is 0. The SMILES string of the molecule is NCc1nc(C(=O)O)cs1. The molecule has 0 atom stereocenters. The Kier molecular flexibility index (Phi) is 1.98. The zero-order chi connectivity index (χ0) is 7.56. The summed E-state index contributed by atoms with van der Waals surface area (Å²) in [5, 5.41) is 10.5. The normalized spacial score (nSPS) is 9.70. The van der Waals surface area contributed by atoms with E-state index in [1.165, 1.54) is 16.7 Å². The molecule has 0 unspecified atom stereocenters. The van der Waals surface area contributed by atoms with Crippen LogP contribution in [-0.4, -0.2) is 16.1 Å². The van der Waals surface area contributed by atoms with E-state index in [0.717, 1.165) is 0 Å². The fourth-order valence-corrected chi connectivity index (χ4v) is 1.15. The highest BCUT2D eigenvalue weighted by Crippen LogP contribution is 2.07. The second-order valence-electron chi connectivity index (χ2n) is 1.64. The maximum absolute atomic E-state index is 10.2. The summed E-state index contributed by atoms with van der Waals surface area (Å²) in [6.45, 7) is 0.304.